The number of rotatable bonds is 13. The van der Waals surface area contributed by atoms with Gasteiger partial charge in [0, 0.05) is 5.41 Å². The quantitative estimate of drug-likeness (QED) is 0.393. The molecule has 0 radical (unpaired) electrons. The van der Waals surface area contributed by atoms with Crippen molar-refractivity contribution in [3.63, 3.8) is 0 Å². The van der Waals surface area contributed by atoms with Crippen LogP contribution in [0.25, 0.3) is 0 Å². The van der Waals surface area contributed by atoms with E-state index in [2.05, 4.69) is 6.58 Å². The van der Waals surface area contributed by atoms with Crippen molar-refractivity contribution in [2.45, 2.75) is 31.7 Å². The van der Waals surface area contributed by atoms with E-state index >= 15 is 0 Å². The van der Waals surface area contributed by atoms with Gasteiger partial charge in [-0.05, 0) is 13.0 Å². The van der Waals surface area contributed by atoms with Gasteiger partial charge in [-0.15, -0.1) is 0 Å². The minimum atomic E-state index is -0.689. The van der Waals surface area contributed by atoms with Crippen LogP contribution in [0.1, 0.15) is 13.3 Å². The first-order valence-electron chi connectivity index (χ1n) is 9.86. The van der Waals surface area contributed by atoms with Gasteiger partial charge in [-0.2, -0.15) is 0 Å². The topological polar surface area (TPSA) is 117 Å². The van der Waals surface area contributed by atoms with Crippen LogP contribution in [0.3, 0.4) is 0 Å². The highest BCUT2D eigenvalue weighted by atomic mass is 16.8. The van der Waals surface area contributed by atoms with Crippen LogP contribution >= 0.6 is 0 Å². The Balaban J connectivity index is 1.47. The Morgan fingerprint density at radius 1 is 0.800 bits per heavy atom. The molecule has 3 aliphatic rings. The molecule has 11 heteroatoms. The molecular weight excluding hydrogens is 404 g/mol. The molecule has 0 aliphatic carbocycles. The van der Waals surface area contributed by atoms with Gasteiger partial charge in [0.1, 0.15) is 19.8 Å². The van der Waals surface area contributed by atoms with Crippen molar-refractivity contribution in [3.8, 4) is 0 Å². The molecule has 3 rings (SSSR count). The molecule has 0 N–H and O–H groups in total. The van der Waals surface area contributed by atoms with E-state index in [9.17, 15) is 9.59 Å². The Hall–Kier alpha value is -2.24. The summed E-state index contributed by atoms with van der Waals surface area (Å²) in [5.74, 6) is 0.290. The highest BCUT2D eigenvalue weighted by Crippen LogP contribution is 2.26. The second kappa shape index (κ2) is 10.7. The maximum absolute atomic E-state index is 11.0. The molecule has 0 aromatic rings. The molecule has 0 saturated carbocycles. The molecule has 11 nitrogen and oxygen atoms in total. The Morgan fingerprint density at radius 2 is 1.23 bits per heavy atom. The molecule has 0 bridgehead atoms. The average molecular weight is 432 g/mol. The highest BCUT2D eigenvalue weighted by molar-refractivity contribution is 5.62. The molecule has 0 aromatic heterocycles. The van der Waals surface area contributed by atoms with E-state index in [1.165, 1.54) is 0 Å². The van der Waals surface area contributed by atoms with Crippen LogP contribution in [0, 0.1) is 5.41 Å². The second-order valence-electron chi connectivity index (χ2n) is 7.42. The zero-order chi connectivity index (χ0) is 21.4. The summed E-state index contributed by atoms with van der Waals surface area (Å²) in [6.45, 7) is 8.07. The Kier molecular flexibility index (Phi) is 8.00. The predicted octanol–water partition coefficient (Wildman–Crippen LogP) is 1.39. The van der Waals surface area contributed by atoms with Crippen molar-refractivity contribution in [1.29, 1.82) is 0 Å². The minimum Gasteiger partial charge on any atom is -0.462 e. The van der Waals surface area contributed by atoms with E-state index < -0.39 is 29.9 Å². The van der Waals surface area contributed by atoms with Crippen LogP contribution in [0.4, 0.5) is 9.59 Å². The molecular formula is C19H28O11. The third-order valence-electron chi connectivity index (χ3n) is 4.91. The first-order valence-corrected chi connectivity index (χ1v) is 9.86. The SMILES string of the molecule is C=C1OCC(COCC(CC)(COCC2COC(=O)O2)COCC2COC(=O)O2)O1. The van der Waals surface area contributed by atoms with Gasteiger partial charge in [-0.1, -0.05) is 6.92 Å². The maximum Gasteiger partial charge on any atom is 0.508 e. The fraction of sp³-hybridized carbons (Fsp3) is 0.789. The van der Waals surface area contributed by atoms with Gasteiger partial charge in [-0.25, -0.2) is 9.59 Å². The van der Waals surface area contributed by atoms with Crippen LogP contribution in [-0.4, -0.2) is 90.1 Å². The van der Waals surface area contributed by atoms with Crippen molar-refractivity contribution in [2.75, 3.05) is 59.5 Å². The van der Waals surface area contributed by atoms with Crippen molar-refractivity contribution in [1.82, 2.24) is 0 Å². The van der Waals surface area contributed by atoms with Gasteiger partial charge in [-0.3, -0.25) is 0 Å². The molecule has 3 aliphatic heterocycles. The van der Waals surface area contributed by atoms with Gasteiger partial charge in [0.2, 0.25) is 0 Å². The first kappa shape index (κ1) is 22.4. The summed E-state index contributed by atoms with van der Waals surface area (Å²) in [6, 6.07) is 0. The maximum atomic E-state index is 11.0. The van der Waals surface area contributed by atoms with Gasteiger partial charge < -0.3 is 42.6 Å². The molecule has 3 fully saturated rings. The first-order chi connectivity index (χ1) is 14.5. The normalized spacial score (nSPS) is 27.5. The summed E-state index contributed by atoms with van der Waals surface area (Å²) in [6.07, 6.45) is -1.75. The fourth-order valence-corrected chi connectivity index (χ4v) is 3.07. The van der Waals surface area contributed by atoms with E-state index in [1.807, 2.05) is 6.92 Å². The lowest BCUT2D eigenvalue weighted by molar-refractivity contribution is -0.0957. The number of carbonyl (C=O) groups is 2. The lowest BCUT2D eigenvalue weighted by Gasteiger charge is -2.32. The van der Waals surface area contributed by atoms with Crippen LogP contribution < -0.4 is 0 Å². The summed E-state index contributed by atoms with van der Waals surface area (Å²) >= 11 is 0. The zero-order valence-corrected chi connectivity index (χ0v) is 17.0. The van der Waals surface area contributed by atoms with E-state index in [0.717, 1.165) is 0 Å². The van der Waals surface area contributed by atoms with Crippen LogP contribution in [0.15, 0.2) is 12.5 Å². The number of ether oxygens (including phenoxy) is 9. The van der Waals surface area contributed by atoms with Gasteiger partial charge in [0.25, 0.3) is 5.95 Å². The summed E-state index contributed by atoms with van der Waals surface area (Å²) < 4.78 is 47.5. The van der Waals surface area contributed by atoms with E-state index in [1.54, 1.807) is 0 Å². The Labute approximate surface area is 174 Å². The standard InChI is InChI=1S/C19H28O11/c1-3-19(10-22-4-14-7-25-13(2)28-14,11-23-5-15-8-26-17(20)29-15)12-24-6-16-9-27-18(21)30-16/h14-16H,2-12H2,1H3. The lowest BCUT2D eigenvalue weighted by atomic mass is 9.88. The number of hydrogen-bond donors (Lipinski definition) is 0. The summed E-state index contributed by atoms with van der Waals surface area (Å²) in [5.41, 5.74) is -0.469. The third-order valence-corrected chi connectivity index (χ3v) is 4.91. The molecule has 0 spiro atoms. The van der Waals surface area contributed by atoms with Crippen molar-refractivity contribution in [2.24, 2.45) is 5.41 Å². The third kappa shape index (κ3) is 6.64. The number of carbonyl (C=O) groups excluding carboxylic acids is 2. The smallest absolute Gasteiger partial charge is 0.462 e. The molecule has 30 heavy (non-hydrogen) atoms. The molecule has 0 aromatic carbocycles. The molecule has 0 amide bonds. The molecule has 3 heterocycles. The van der Waals surface area contributed by atoms with Gasteiger partial charge in [0.05, 0.1) is 39.6 Å². The zero-order valence-electron chi connectivity index (χ0n) is 17.0. The average Bonchev–Trinajstić information content (AvgIpc) is 3.44. The monoisotopic (exact) mass is 432 g/mol. The van der Waals surface area contributed by atoms with E-state index in [4.69, 9.17) is 42.6 Å². The Bertz CT molecular complexity index is 528. The van der Waals surface area contributed by atoms with Crippen LogP contribution in [0.2, 0.25) is 0 Å². The summed E-state index contributed by atoms with van der Waals surface area (Å²) in [5, 5.41) is 0. The summed E-state index contributed by atoms with van der Waals surface area (Å²) in [4.78, 5) is 22.1. The van der Waals surface area contributed by atoms with Gasteiger partial charge in [0.15, 0.2) is 18.3 Å². The van der Waals surface area contributed by atoms with Gasteiger partial charge >= 0.3 is 12.3 Å². The van der Waals surface area contributed by atoms with E-state index in [-0.39, 0.29) is 32.5 Å². The molecule has 170 valence electrons. The largest absolute Gasteiger partial charge is 0.508 e. The van der Waals surface area contributed by atoms with Crippen molar-refractivity contribution in [3.05, 3.63) is 12.5 Å². The summed E-state index contributed by atoms with van der Waals surface area (Å²) in [7, 11) is 0. The molecule has 3 atom stereocenters. The minimum absolute atomic E-state index is 0.168. The fourth-order valence-electron chi connectivity index (χ4n) is 3.07. The Morgan fingerprint density at radius 3 is 1.57 bits per heavy atom. The van der Waals surface area contributed by atoms with Crippen LogP contribution in [-0.2, 0) is 42.6 Å². The van der Waals surface area contributed by atoms with E-state index in [0.29, 0.717) is 45.4 Å². The second-order valence-corrected chi connectivity index (χ2v) is 7.42. The number of hydrogen-bond acceptors (Lipinski definition) is 11. The highest BCUT2D eigenvalue weighted by Gasteiger charge is 2.34. The molecule has 3 saturated heterocycles. The number of cyclic esters (lactones) is 4. The lowest BCUT2D eigenvalue weighted by Crippen LogP contribution is -2.39. The van der Waals surface area contributed by atoms with Crippen molar-refractivity contribution >= 4 is 12.3 Å². The molecule has 3 unspecified atom stereocenters. The van der Waals surface area contributed by atoms with Crippen molar-refractivity contribution < 1.29 is 52.2 Å². The van der Waals surface area contributed by atoms with Crippen LogP contribution in [0.5, 0.6) is 0 Å². The predicted molar refractivity (Wildman–Crippen MR) is 97.6 cm³/mol.